The summed E-state index contributed by atoms with van der Waals surface area (Å²) < 4.78 is 2.04. The molecule has 7 heteroatoms. The van der Waals surface area contributed by atoms with Crippen LogP contribution in [0.15, 0.2) is 48.7 Å². The molecule has 2 aliphatic heterocycles. The Hall–Kier alpha value is -3.09. The van der Waals surface area contributed by atoms with Gasteiger partial charge >= 0.3 is 0 Å². The number of piperidine rings is 1. The summed E-state index contributed by atoms with van der Waals surface area (Å²) in [6.07, 6.45) is 5.78. The molecule has 0 radical (unpaired) electrons. The molecule has 156 valence electrons. The molecule has 0 atom stereocenters. The van der Waals surface area contributed by atoms with Crippen LogP contribution >= 0.6 is 0 Å². The van der Waals surface area contributed by atoms with E-state index in [0.29, 0.717) is 19.6 Å². The van der Waals surface area contributed by atoms with Gasteiger partial charge in [0.15, 0.2) is 11.6 Å². The Labute approximate surface area is 176 Å². The largest absolute Gasteiger partial charge is 0.355 e. The normalized spacial score (nSPS) is 17.5. The quantitative estimate of drug-likeness (QED) is 0.669. The lowest BCUT2D eigenvalue weighted by molar-refractivity contribution is -0.132. The van der Waals surface area contributed by atoms with E-state index >= 15 is 0 Å². The molecule has 30 heavy (non-hydrogen) atoms. The van der Waals surface area contributed by atoms with Gasteiger partial charge in [0.25, 0.3) is 0 Å². The van der Waals surface area contributed by atoms with Crippen molar-refractivity contribution in [3.8, 4) is 0 Å². The summed E-state index contributed by atoms with van der Waals surface area (Å²) in [4.78, 5) is 19.3. The Morgan fingerprint density at radius 1 is 0.767 bits per heavy atom. The number of amides is 1. The number of hydrogen-bond acceptors (Lipinski definition) is 5. The van der Waals surface area contributed by atoms with Crippen molar-refractivity contribution in [1.82, 2.24) is 19.7 Å². The second-order valence-corrected chi connectivity index (χ2v) is 8.17. The van der Waals surface area contributed by atoms with Gasteiger partial charge in [-0.15, -0.1) is 10.2 Å². The third kappa shape index (κ3) is 3.84. The molecule has 0 aliphatic carbocycles. The SMILES string of the molecule is O=C(Cn1ccc2ccccc21)N1CCN(c2ccc(N3CCCCC3)nn2)CC1. The van der Waals surface area contributed by atoms with Gasteiger partial charge in [-0.1, -0.05) is 18.2 Å². The van der Waals surface area contributed by atoms with Gasteiger partial charge in [0, 0.05) is 51.0 Å². The predicted molar refractivity (Wildman–Crippen MR) is 119 cm³/mol. The number of fused-ring (bicyclic) bond motifs is 1. The number of anilines is 2. The highest BCUT2D eigenvalue weighted by molar-refractivity contribution is 5.83. The molecule has 0 spiro atoms. The summed E-state index contributed by atoms with van der Waals surface area (Å²) in [7, 11) is 0. The number of piperazine rings is 1. The van der Waals surface area contributed by atoms with Crippen LogP contribution in [0.1, 0.15) is 19.3 Å². The van der Waals surface area contributed by atoms with Gasteiger partial charge in [-0.3, -0.25) is 4.79 Å². The monoisotopic (exact) mass is 404 g/mol. The van der Waals surface area contributed by atoms with Crippen molar-refractivity contribution in [2.24, 2.45) is 0 Å². The average Bonchev–Trinajstić information content (AvgIpc) is 3.23. The first-order chi connectivity index (χ1) is 14.8. The zero-order chi connectivity index (χ0) is 20.3. The van der Waals surface area contributed by atoms with E-state index in [1.807, 2.05) is 27.8 Å². The van der Waals surface area contributed by atoms with E-state index in [2.05, 4.69) is 50.3 Å². The number of rotatable bonds is 4. The van der Waals surface area contributed by atoms with Crippen molar-refractivity contribution >= 4 is 28.4 Å². The molecule has 0 N–H and O–H groups in total. The van der Waals surface area contributed by atoms with Crippen LogP contribution in [-0.2, 0) is 11.3 Å². The Kier molecular flexibility index (Phi) is 5.26. The number of benzene rings is 1. The summed E-state index contributed by atoms with van der Waals surface area (Å²) in [5.41, 5.74) is 1.11. The molecule has 1 aromatic carbocycles. The number of carbonyl (C=O) groups excluding carboxylic acids is 1. The lowest BCUT2D eigenvalue weighted by Gasteiger charge is -2.35. The lowest BCUT2D eigenvalue weighted by Crippen LogP contribution is -2.49. The predicted octanol–water partition coefficient (Wildman–Crippen LogP) is 2.77. The van der Waals surface area contributed by atoms with Gasteiger partial charge in [0.1, 0.15) is 6.54 Å². The lowest BCUT2D eigenvalue weighted by atomic mass is 10.1. The van der Waals surface area contributed by atoms with E-state index < -0.39 is 0 Å². The first-order valence-corrected chi connectivity index (χ1v) is 10.9. The molecule has 3 aromatic rings. The minimum atomic E-state index is 0.169. The summed E-state index contributed by atoms with van der Waals surface area (Å²) in [6, 6.07) is 14.4. The highest BCUT2D eigenvalue weighted by atomic mass is 16.2. The number of nitrogens with zero attached hydrogens (tertiary/aromatic N) is 6. The molecule has 4 heterocycles. The maximum atomic E-state index is 12.8. The van der Waals surface area contributed by atoms with Gasteiger partial charge in [-0.05, 0) is 48.9 Å². The smallest absolute Gasteiger partial charge is 0.242 e. The van der Waals surface area contributed by atoms with E-state index in [-0.39, 0.29) is 5.91 Å². The summed E-state index contributed by atoms with van der Waals surface area (Å²) in [5, 5.41) is 10.1. The Bertz CT molecular complexity index is 1000. The van der Waals surface area contributed by atoms with E-state index in [9.17, 15) is 4.79 Å². The minimum absolute atomic E-state index is 0.169. The Balaban J connectivity index is 1.17. The highest BCUT2D eigenvalue weighted by Crippen LogP contribution is 2.20. The van der Waals surface area contributed by atoms with Crippen molar-refractivity contribution in [3.05, 3.63) is 48.7 Å². The summed E-state index contributed by atoms with van der Waals surface area (Å²) in [5.74, 6) is 2.05. The minimum Gasteiger partial charge on any atom is -0.355 e. The van der Waals surface area contributed by atoms with E-state index in [0.717, 1.165) is 43.3 Å². The van der Waals surface area contributed by atoms with Gasteiger partial charge in [0.05, 0.1) is 0 Å². The van der Waals surface area contributed by atoms with Crippen LogP contribution in [0.3, 0.4) is 0 Å². The van der Waals surface area contributed by atoms with Gasteiger partial charge in [-0.2, -0.15) is 0 Å². The molecule has 0 bridgehead atoms. The van der Waals surface area contributed by atoms with Crippen LogP contribution in [0.2, 0.25) is 0 Å². The molecule has 1 amide bonds. The van der Waals surface area contributed by atoms with Crippen molar-refractivity contribution < 1.29 is 4.79 Å². The van der Waals surface area contributed by atoms with E-state index in [4.69, 9.17) is 0 Å². The number of para-hydroxylation sites is 1. The topological polar surface area (TPSA) is 57.5 Å². The van der Waals surface area contributed by atoms with Gasteiger partial charge in [-0.25, -0.2) is 0 Å². The van der Waals surface area contributed by atoms with Gasteiger partial charge < -0.3 is 19.3 Å². The van der Waals surface area contributed by atoms with Crippen LogP contribution in [0.25, 0.3) is 10.9 Å². The van der Waals surface area contributed by atoms with Crippen molar-refractivity contribution in [2.45, 2.75) is 25.8 Å². The average molecular weight is 405 g/mol. The first-order valence-electron chi connectivity index (χ1n) is 10.9. The fourth-order valence-corrected chi connectivity index (χ4v) is 4.49. The van der Waals surface area contributed by atoms with E-state index in [1.165, 1.54) is 24.6 Å². The summed E-state index contributed by atoms with van der Waals surface area (Å²) in [6.45, 7) is 5.54. The first kappa shape index (κ1) is 18.9. The van der Waals surface area contributed by atoms with Crippen molar-refractivity contribution in [2.75, 3.05) is 49.1 Å². The molecule has 0 saturated carbocycles. The van der Waals surface area contributed by atoms with Crippen LogP contribution in [-0.4, -0.2) is 64.8 Å². The Morgan fingerprint density at radius 2 is 1.43 bits per heavy atom. The fourth-order valence-electron chi connectivity index (χ4n) is 4.49. The molecule has 2 saturated heterocycles. The molecule has 2 fully saturated rings. The zero-order valence-corrected chi connectivity index (χ0v) is 17.3. The van der Waals surface area contributed by atoms with Crippen LogP contribution in [0, 0.1) is 0 Å². The van der Waals surface area contributed by atoms with Crippen LogP contribution < -0.4 is 9.80 Å². The maximum absolute atomic E-state index is 12.8. The maximum Gasteiger partial charge on any atom is 0.242 e. The molecular weight excluding hydrogens is 376 g/mol. The standard InChI is InChI=1S/C23H28N6O/c30-23(18-29-13-10-19-6-2-3-7-20(19)29)28-16-14-27(15-17-28)22-9-8-21(24-25-22)26-11-4-1-5-12-26/h2-3,6-10,13H,1,4-5,11-12,14-18H2. The second-order valence-electron chi connectivity index (χ2n) is 8.17. The molecule has 2 aliphatic rings. The summed E-state index contributed by atoms with van der Waals surface area (Å²) >= 11 is 0. The molecule has 7 nitrogen and oxygen atoms in total. The van der Waals surface area contributed by atoms with Gasteiger partial charge in [0.2, 0.25) is 5.91 Å². The molecular formula is C23H28N6O. The van der Waals surface area contributed by atoms with Crippen molar-refractivity contribution in [3.63, 3.8) is 0 Å². The Morgan fingerprint density at radius 3 is 2.13 bits per heavy atom. The molecule has 2 aromatic heterocycles. The van der Waals surface area contributed by atoms with Crippen LogP contribution in [0.5, 0.6) is 0 Å². The number of hydrogen-bond donors (Lipinski definition) is 0. The van der Waals surface area contributed by atoms with E-state index in [1.54, 1.807) is 0 Å². The zero-order valence-electron chi connectivity index (χ0n) is 17.3. The third-order valence-electron chi connectivity index (χ3n) is 6.26. The highest BCUT2D eigenvalue weighted by Gasteiger charge is 2.23. The molecule has 5 rings (SSSR count). The number of aromatic nitrogens is 3. The van der Waals surface area contributed by atoms with Crippen molar-refractivity contribution in [1.29, 1.82) is 0 Å². The third-order valence-corrected chi connectivity index (χ3v) is 6.26. The van der Waals surface area contributed by atoms with Crippen LogP contribution in [0.4, 0.5) is 11.6 Å². The fraction of sp³-hybridized carbons (Fsp3) is 0.435. The number of carbonyl (C=O) groups is 1. The second kappa shape index (κ2) is 8.34. The molecule has 0 unspecified atom stereocenters.